The van der Waals surface area contributed by atoms with Crippen LogP contribution in [0.4, 0.5) is 5.69 Å². The molecular weight excluding hydrogens is 288 g/mol. The number of aryl methyl sites for hydroxylation is 3. The van der Waals surface area contributed by atoms with Gasteiger partial charge in [0, 0.05) is 5.69 Å². The van der Waals surface area contributed by atoms with Crippen molar-refractivity contribution in [3.8, 4) is 0 Å². The van der Waals surface area contributed by atoms with Crippen LogP contribution in [-0.2, 0) is 16.6 Å². The molecule has 0 aliphatic rings. The maximum atomic E-state index is 12.4. The van der Waals surface area contributed by atoms with Crippen molar-refractivity contribution >= 4 is 15.7 Å². The Bertz CT molecular complexity index is 770. The predicted molar refractivity (Wildman–Crippen MR) is 81.6 cm³/mol. The monoisotopic (exact) mass is 306 g/mol. The summed E-state index contributed by atoms with van der Waals surface area (Å²) in [6.45, 7) is 5.22. The highest BCUT2D eigenvalue weighted by Crippen LogP contribution is 2.21. The molecule has 21 heavy (non-hydrogen) atoms. The van der Waals surface area contributed by atoms with Crippen molar-refractivity contribution in [2.24, 2.45) is 0 Å². The highest BCUT2D eigenvalue weighted by atomic mass is 32.2. The fraction of sp³-hybridized carbons (Fsp3) is 0.267. The third-order valence-corrected chi connectivity index (χ3v) is 4.63. The third-order valence-electron chi connectivity index (χ3n) is 3.27. The first kappa shape index (κ1) is 15.5. The normalized spacial score (nSPS) is 11.4. The molecule has 0 aliphatic carbocycles. The molecule has 0 spiro atoms. The number of aromatic nitrogens is 1. The lowest BCUT2D eigenvalue weighted by Gasteiger charge is -2.12. The molecule has 0 unspecified atom stereocenters. The van der Waals surface area contributed by atoms with Gasteiger partial charge in [0.15, 0.2) is 0 Å². The summed E-state index contributed by atoms with van der Waals surface area (Å²) in [7, 11) is -3.70. The number of anilines is 1. The highest BCUT2D eigenvalue weighted by molar-refractivity contribution is 7.92. The quantitative estimate of drug-likeness (QED) is 0.908. The van der Waals surface area contributed by atoms with E-state index in [2.05, 4.69) is 9.71 Å². The Labute approximate surface area is 124 Å². The zero-order valence-corrected chi connectivity index (χ0v) is 13.0. The first-order valence-corrected chi connectivity index (χ1v) is 7.99. The fourth-order valence-electron chi connectivity index (χ4n) is 1.98. The Morgan fingerprint density at radius 1 is 1.14 bits per heavy atom. The van der Waals surface area contributed by atoms with E-state index >= 15 is 0 Å². The van der Waals surface area contributed by atoms with Crippen LogP contribution in [0, 0.1) is 20.8 Å². The van der Waals surface area contributed by atoms with Crippen molar-refractivity contribution in [3.05, 3.63) is 52.8 Å². The first-order valence-electron chi connectivity index (χ1n) is 6.51. The maximum Gasteiger partial charge on any atom is 0.261 e. The van der Waals surface area contributed by atoms with E-state index < -0.39 is 10.0 Å². The van der Waals surface area contributed by atoms with Gasteiger partial charge < -0.3 is 5.11 Å². The number of sulfonamides is 1. The second-order valence-electron chi connectivity index (χ2n) is 4.94. The molecule has 1 aromatic heterocycles. The van der Waals surface area contributed by atoms with Crippen molar-refractivity contribution in [2.75, 3.05) is 4.72 Å². The number of aliphatic hydroxyl groups excluding tert-OH is 1. The average molecular weight is 306 g/mol. The minimum absolute atomic E-state index is 0.122. The van der Waals surface area contributed by atoms with Gasteiger partial charge in [0.1, 0.15) is 0 Å². The van der Waals surface area contributed by atoms with Gasteiger partial charge in [0.2, 0.25) is 0 Å². The zero-order valence-electron chi connectivity index (χ0n) is 12.2. The SMILES string of the molecule is Cc1ccc(NS(=O)(=O)c2ccc(C)c(CO)c2)c(C)n1. The number of aliphatic hydroxyl groups is 1. The third kappa shape index (κ3) is 3.40. The van der Waals surface area contributed by atoms with Gasteiger partial charge >= 0.3 is 0 Å². The van der Waals surface area contributed by atoms with Crippen LogP contribution in [0.15, 0.2) is 35.2 Å². The fourth-order valence-corrected chi connectivity index (χ4v) is 3.15. The molecule has 1 heterocycles. The number of hydrogen-bond donors (Lipinski definition) is 2. The Morgan fingerprint density at radius 2 is 1.86 bits per heavy atom. The Kier molecular flexibility index (Phi) is 4.29. The molecule has 0 radical (unpaired) electrons. The van der Waals surface area contributed by atoms with Gasteiger partial charge in [-0.3, -0.25) is 9.71 Å². The summed E-state index contributed by atoms with van der Waals surface area (Å²) in [6.07, 6.45) is 0. The van der Waals surface area contributed by atoms with Crippen molar-refractivity contribution in [1.82, 2.24) is 4.98 Å². The minimum Gasteiger partial charge on any atom is -0.392 e. The minimum atomic E-state index is -3.70. The highest BCUT2D eigenvalue weighted by Gasteiger charge is 2.16. The summed E-state index contributed by atoms with van der Waals surface area (Å²) in [5.74, 6) is 0. The number of pyridine rings is 1. The summed E-state index contributed by atoms with van der Waals surface area (Å²) in [5, 5.41) is 9.25. The number of hydrogen-bond acceptors (Lipinski definition) is 4. The summed E-state index contributed by atoms with van der Waals surface area (Å²) in [6, 6.07) is 8.12. The van der Waals surface area contributed by atoms with E-state index in [0.717, 1.165) is 11.3 Å². The number of nitrogens with one attached hydrogen (secondary N) is 1. The second-order valence-corrected chi connectivity index (χ2v) is 6.62. The van der Waals surface area contributed by atoms with Crippen molar-refractivity contribution in [1.29, 1.82) is 0 Å². The number of benzene rings is 1. The molecular formula is C15H18N2O3S. The number of rotatable bonds is 4. The molecule has 2 N–H and O–H groups in total. The van der Waals surface area contributed by atoms with Crippen molar-refractivity contribution in [2.45, 2.75) is 32.3 Å². The standard InChI is InChI=1S/C15H18N2O3S/c1-10-4-6-14(8-13(10)9-18)21(19,20)17-15-7-5-11(2)16-12(15)3/h4-8,17-18H,9H2,1-3H3. The van der Waals surface area contributed by atoms with E-state index in [4.69, 9.17) is 0 Å². The first-order chi connectivity index (χ1) is 9.83. The summed E-state index contributed by atoms with van der Waals surface area (Å²) >= 11 is 0. The topological polar surface area (TPSA) is 79.3 Å². The van der Waals surface area contributed by atoms with E-state index in [-0.39, 0.29) is 11.5 Å². The van der Waals surface area contributed by atoms with Gasteiger partial charge in [0.05, 0.1) is 22.9 Å². The summed E-state index contributed by atoms with van der Waals surface area (Å²) in [4.78, 5) is 4.35. The van der Waals surface area contributed by atoms with Gasteiger partial charge in [-0.05, 0) is 56.2 Å². The summed E-state index contributed by atoms with van der Waals surface area (Å²) < 4.78 is 27.3. The molecule has 0 aliphatic heterocycles. The van der Waals surface area contributed by atoms with Gasteiger partial charge in [-0.1, -0.05) is 6.07 Å². The lowest BCUT2D eigenvalue weighted by molar-refractivity contribution is 0.281. The van der Waals surface area contributed by atoms with Crippen LogP contribution in [0.5, 0.6) is 0 Å². The predicted octanol–water partition coefficient (Wildman–Crippen LogP) is 2.30. The molecule has 0 atom stereocenters. The van der Waals surface area contributed by atoms with Crippen LogP contribution < -0.4 is 4.72 Å². The molecule has 5 nitrogen and oxygen atoms in total. The van der Waals surface area contributed by atoms with Gasteiger partial charge in [-0.2, -0.15) is 0 Å². The molecule has 0 saturated heterocycles. The van der Waals surface area contributed by atoms with Crippen LogP contribution in [-0.4, -0.2) is 18.5 Å². The average Bonchev–Trinajstić information content (AvgIpc) is 2.42. The van der Waals surface area contributed by atoms with Gasteiger partial charge in [0.25, 0.3) is 10.0 Å². The molecule has 112 valence electrons. The van der Waals surface area contributed by atoms with E-state index in [1.165, 1.54) is 12.1 Å². The van der Waals surface area contributed by atoms with E-state index in [1.807, 2.05) is 13.8 Å². The van der Waals surface area contributed by atoms with Crippen LogP contribution >= 0.6 is 0 Å². The maximum absolute atomic E-state index is 12.4. The second kappa shape index (κ2) is 5.83. The zero-order chi connectivity index (χ0) is 15.6. The molecule has 0 bridgehead atoms. The Hall–Kier alpha value is -1.92. The lowest BCUT2D eigenvalue weighted by atomic mass is 10.1. The van der Waals surface area contributed by atoms with Gasteiger partial charge in [-0.15, -0.1) is 0 Å². The Morgan fingerprint density at radius 3 is 2.48 bits per heavy atom. The molecule has 2 rings (SSSR count). The molecule has 0 fully saturated rings. The smallest absolute Gasteiger partial charge is 0.261 e. The van der Waals surface area contributed by atoms with Crippen LogP contribution in [0.3, 0.4) is 0 Å². The molecule has 6 heteroatoms. The largest absolute Gasteiger partial charge is 0.392 e. The van der Waals surface area contributed by atoms with E-state index in [0.29, 0.717) is 16.9 Å². The number of nitrogens with zero attached hydrogens (tertiary/aromatic N) is 1. The van der Waals surface area contributed by atoms with Crippen molar-refractivity contribution in [3.63, 3.8) is 0 Å². The molecule has 0 amide bonds. The van der Waals surface area contributed by atoms with Crippen LogP contribution in [0.25, 0.3) is 0 Å². The molecule has 0 saturated carbocycles. The van der Waals surface area contributed by atoms with E-state index in [9.17, 15) is 13.5 Å². The summed E-state index contributed by atoms with van der Waals surface area (Å²) in [5.41, 5.74) is 3.34. The Balaban J connectivity index is 2.38. The van der Waals surface area contributed by atoms with Gasteiger partial charge in [-0.25, -0.2) is 8.42 Å². The lowest BCUT2D eigenvalue weighted by Crippen LogP contribution is -2.14. The van der Waals surface area contributed by atoms with Crippen LogP contribution in [0.2, 0.25) is 0 Å². The molecule has 1 aromatic carbocycles. The van der Waals surface area contributed by atoms with Crippen molar-refractivity contribution < 1.29 is 13.5 Å². The van der Waals surface area contributed by atoms with E-state index in [1.54, 1.807) is 25.1 Å². The van der Waals surface area contributed by atoms with Crippen LogP contribution in [0.1, 0.15) is 22.5 Å². The molecule has 2 aromatic rings.